The lowest BCUT2D eigenvalue weighted by molar-refractivity contribution is 0.0615. The largest absolute Gasteiger partial charge is 0.382 e. The average Bonchev–Trinajstić information content (AvgIpc) is 3.09. The van der Waals surface area contributed by atoms with E-state index in [1.165, 1.54) is 52.0 Å². The van der Waals surface area contributed by atoms with Crippen molar-refractivity contribution in [3.63, 3.8) is 0 Å². The number of aromatic nitrogens is 4. The molecule has 0 bridgehead atoms. The fourth-order valence-corrected chi connectivity index (χ4v) is 4.08. The van der Waals surface area contributed by atoms with E-state index in [9.17, 15) is 0 Å². The minimum absolute atomic E-state index is 0.285. The molecule has 1 fully saturated rings. The molecule has 0 amide bonds. The molecule has 2 N–H and O–H groups in total. The Kier molecular flexibility index (Phi) is 7.46. The molecule has 0 saturated carbocycles. The second-order valence-corrected chi connectivity index (χ2v) is 9.30. The number of imidazole rings is 1. The van der Waals surface area contributed by atoms with Crippen LogP contribution in [0.3, 0.4) is 0 Å². The molecule has 0 aliphatic carbocycles. The van der Waals surface area contributed by atoms with Crippen LogP contribution in [0.15, 0.2) is 6.33 Å². The van der Waals surface area contributed by atoms with Gasteiger partial charge in [-0.3, -0.25) is 4.90 Å². The zero-order valence-electron chi connectivity index (χ0n) is 18.8. The fraction of sp³-hybridized carbons (Fsp3) is 0.773. The second kappa shape index (κ2) is 9.85. The Balaban J connectivity index is 1.48. The molecule has 1 aliphatic heterocycles. The van der Waals surface area contributed by atoms with Crippen LogP contribution in [0.2, 0.25) is 0 Å². The number of anilines is 1. The summed E-state index contributed by atoms with van der Waals surface area (Å²) >= 11 is 0. The van der Waals surface area contributed by atoms with Crippen molar-refractivity contribution in [3.8, 4) is 0 Å². The number of nitrogen functional groups attached to an aromatic ring is 1. The first-order chi connectivity index (χ1) is 13.9. The van der Waals surface area contributed by atoms with Gasteiger partial charge in [-0.2, -0.15) is 0 Å². The molecule has 2 aromatic heterocycles. The lowest BCUT2D eigenvalue weighted by Crippen LogP contribution is -2.53. The van der Waals surface area contributed by atoms with Crippen LogP contribution in [-0.2, 0) is 13.0 Å². The third-order valence-electron chi connectivity index (χ3n) is 5.99. The summed E-state index contributed by atoms with van der Waals surface area (Å²) in [6.07, 6.45) is 8.58. The first-order valence-corrected chi connectivity index (χ1v) is 11.3. The van der Waals surface area contributed by atoms with E-state index in [4.69, 9.17) is 10.7 Å². The molecule has 7 heteroatoms. The highest BCUT2D eigenvalue weighted by molar-refractivity contribution is 5.81. The zero-order chi connectivity index (χ0) is 20.9. The summed E-state index contributed by atoms with van der Waals surface area (Å²) in [5, 5.41) is 0. The number of hydrogen-bond acceptors (Lipinski definition) is 6. The van der Waals surface area contributed by atoms with Gasteiger partial charge in [-0.05, 0) is 46.6 Å². The Morgan fingerprint density at radius 3 is 2.38 bits per heavy atom. The lowest BCUT2D eigenvalue weighted by atomic mass is 10.0. The molecule has 0 atom stereocenters. The minimum atomic E-state index is 0.285. The molecule has 1 saturated heterocycles. The van der Waals surface area contributed by atoms with Gasteiger partial charge in [0.15, 0.2) is 11.5 Å². The van der Waals surface area contributed by atoms with Gasteiger partial charge in [0.05, 0.1) is 6.33 Å². The van der Waals surface area contributed by atoms with Crippen LogP contribution in [-0.4, -0.2) is 67.6 Å². The quantitative estimate of drug-likeness (QED) is 0.650. The van der Waals surface area contributed by atoms with Gasteiger partial charge in [-0.25, -0.2) is 15.0 Å². The van der Waals surface area contributed by atoms with Crippen LogP contribution in [0, 0.1) is 0 Å². The van der Waals surface area contributed by atoms with E-state index < -0.39 is 0 Å². The summed E-state index contributed by atoms with van der Waals surface area (Å²) in [6.45, 7) is 15.9. The minimum Gasteiger partial charge on any atom is -0.382 e. The van der Waals surface area contributed by atoms with Crippen molar-refractivity contribution in [1.29, 1.82) is 0 Å². The van der Waals surface area contributed by atoms with Crippen LogP contribution in [0.1, 0.15) is 65.6 Å². The third kappa shape index (κ3) is 5.89. The Hall–Kier alpha value is -1.73. The van der Waals surface area contributed by atoms with Gasteiger partial charge in [-0.1, -0.05) is 19.8 Å². The van der Waals surface area contributed by atoms with Crippen LogP contribution in [0.25, 0.3) is 11.2 Å². The van der Waals surface area contributed by atoms with E-state index >= 15 is 0 Å². The number of piperazine rings is 1. The monoisotopic (exact) mass is 401 g/mol. The van der Waals surface area contributed by atoms with Gasteiger partial charge in [0.1, 0.15) is 11.3 Å². The zero-order valence-corrected chi connectivity index (χ0v) is 18.8. The Bertz CT molecular complexity index is 769. The van der Waals surface area contributed by atoms with Crippen molar-refractivity contribution in [3.05, 3.63) is 12.2 Å². The normalized spacial score (nSPS) is 16.7. The fourth-order valence-electron chi connectivity index (χ4n) is 4.08. The predicted octanol–water partition coefficient (Wildman–Crippen LogP) is 3.34. The van der Waals surface area contributed by atoms with E-state index in [-0.39, 0.29) is 5.54 Å². The Morgan fingerprint density at radius 2 is 1.69 bits per heavy atom. The second-order valence-electron chi connectivity index (χ2n) is 9.30. The molecule has 3 heterocycles. The van der Waals surface area contributed by atoms with Gasteiger partial charge in [-0.15, -0.1) is 0 Å². The number of nitrogens with two attached hydrogens (primary N) is 1. The average molecular weight is 402 g/mol. The van der Waals surface area contributed by atoms with Crippen molar-refractivity contribution in [1.82, 2.24) is 29.3 Å². The Labute approximate surface area is 175 Å². The Morgan fingerprint density at radius 1 is 0.966 bits per heavy atom. The molecule has 162 valence electrons. The number of rotatable bonds is 9. The van der Waals surface area contributed by atoms with E-state index in [0.29, 0.717) is 5.82 Å². The van der Waals surface area contributed by atoms with E-state index in [1.54, 1.807) is 0 Å². The van der Waals surface area contributed by atoms with E-state index in [1.807, 2.05) is 6.33 Å². The first-order valence-electron chi connectivity index (χ1n) is 11.3. The molecule has 0 radical (unpaired) electrons. The van der Waals surface area contributed by atoms with Crippen molar-refractivity contribution in [2.75, 3.05) is 38.5 Å². The van der Waals surface area contributed by atoms with Crippen LogP contribution < -0.4 is 5.73 Å². The molecule has 2 aromatic rings. The van der Waals surface area contributed by atoms with Crippen molar-refractivity contribution in [2.45, 2.75) is 78.3 Å². The maximum Gasteiger partial charge on any atom is 0.165 e. The summed E-state index contributed by atoms with van der Waals surface area (Å²) in [6, 6.07) is 0. The van der Waals surface area contributed by atoms with Crippen LogP contribution in [0.4, 0.5) is 5.82 Å². The molecular weight excluding hydrogens is 362 g/mol. The summed E-state index contributed by atoms with van der Waals surface area (Å²) in [5.74, 6) is 1.36. The highest BCUT2D eigenvalue weighted by Crippen LogP contribution is 2.19. The van der Waals surface area contributed by atoms with E-state index in [2.05, 4.69) is 52.0 Å². The standard InChI is InChI=1S/C22H39N7/c1-5-6-7-10-18-25-20(23)19-21(26-18)28(17-24-19)12-9-8-11-27-13-15-29(16-14-27)22(2,3)4/h17H,5-16H2,1-4H3,(H2,23,25,26). The van der Waals surface area contributed by atoms with Gasteiger partial charge in [0, 0.05) is 44.7 Å². The molecule has 7 nitrogen and oxygen atoms in total. The molecular formula is C22H39N7. The molecule has 1 aliphatic rings. The summed E-state index contributed by atoms with van der Waals surface area (Å²) in [5.41, 5.74) is 8.05. The molecule has 0 spiro atoms. The third-order valence-corrected chi connectivity index (χ3v) is 5.99. The number of nitrogens with zero attached hydrogens (tertiary/aromatic N) is 6. The van der Waals surface area contributed by atoms with Gasteiger partial charge in [0.25, 0.3) is 0 Å². The van der Waals surface area contributed by atoms with Gasteiger partial charge in [0.2, 0.25) is 0 Å². The first kappa shape index (κ1) is 22.0. The molecule has 0 aromatic carbocycles. The SMILES string of the molecule is CCCCCc1nc(N)c2ncn(CCCCN3CCN(C(C)(C)C)CC3)c2n1. The number of fused-ring (bicyclic) bond motifs is 1. The summed E-state index contributed by atoms with van der Waals surface area (Å²) < 4.78 is 2.15. The lowest BCUT2D eigenvalue weighted by Gasteiger charge is -2.42. The topological polar surface area (TPSA) is 76.1 Å². The summed E-state index contributed by atoms with van der Waals surface area (Å²) in [7, 11) is 0. The maximum atomic E-state index is 6.13. The van der Waals surface area contributed by atoms with Crippen LogP contribution >= 0.6 is 0 Å². The molecule has 3 rings (SSSR count). The number of unbranched alkanes of at least 4 members (excludes halogenated alkanes) is 3. The van der Waals surface area contributed by atoms with Crippen molar-refractivity contribution < 1.29 is 0 Å². The van der Waals surface area contributed by atoms with Gasteiger partial charge >= 0.3 is 0 Å². The highest BCUT2D eigenvalue weighted by Gasteiger charge is 2.25. The van der Waals surface area contributed by atoms with Gasteiger partial charge < -0.3 is 15.2 Å². The highest BCUT2D eigenvalue weighted by atomic mass is 15.3. The number of hydrogen-bond donors (Lipinski definition) is 1. The predicted molar refractivity (Wildman–Crippen MR) is 120 cm³/mol. The summed E-state index contributed by atoms with van der Waals surface area (Å²) in [4.78, 5) is 18.8. The smallest absolute Gasteiger partial charge is 0.165 e. The van der Waals surface area contributed by atoms with Crippen molar-refractivity contribution in [2.24, 2.45) is 0 Å². The van der Waals surface area contributed by atoms with E-state index in [0.717, 1.165) is 42.8 Å². The molecule has 29 heavy (non-hydrogen) atoms. The molecule has 0 unspecified atom stereocenters. The number of aryl methyl sites for hydroxylation is 2. The van der Waals surface area contributed by atoms with Crippen molar-refractivity contribution >= 4 is 17.0 Å². The van der Waals surface area contributed by atoms with Crippen LogP contribution in [0.5, 0.6) is 0 Å². The maximum absolute atomic E-state index is 6.13.